The normalized spacial score (nSPS) is 15.5. The van der Waals surface area contributed by atoms with Crippen molar-refractivity contribution >= 4 is 23.1 Å². The third-order valence-electron chi connectivity index (χ3n) is 5.57. The maximum atomic E-state index is 6.56. The van der Waals surface area contributed by atoms with Crippen LogP contribution in [-0.4, -0.2) is 0 Å². The zero-order valence-corrected chi connectivity index (χ0v) is 20.3. The van der Waals surface area contributed by atoms with Crippen molar-refractivity contribution in [2.24, 2.45) is 0 Å². The van der Waals surface area contributed by atoms with Crippen molar-refractivity contribution in [3.8, 4) is 22.3 Å². The molecular formula is C25H23Cl2Zr. The van der Waals surface area contributed by atoms with Crippen molar-refractivity contribution in [1.82, 2.24) is 0 Å². The Bertz CT molecular complexity index is 1040. The van der Waals surface area contributed by atoms with Gasteiger partial charge in [0.25, 0.3) is 0 Å². The number of hydrogen-bond acceptors (Lipinski definition) is 0. The van der Waals surface area contributed by atoms with Gasteiger partial charge in [-0.2, -0.15) is 0 Å². The first-order chi connectivity index (χ1) is 13.5. The van der Waals surface area contributed by atoms with E-state index in [1.165, 1.54) is 44.5 Å². The molecule has 0 aliphatic heterocycles. The van der Waals surface area contributed by atoms with Crippen molar-refractivity contribution in [1.29, 1.82) is 0 Å². The van der Waals surface area contributed by atoms with E-state index in [9.17, 15) is 0 Å². The van der Waals surface area contributed by atoms with Gasteiger partial charge in [0.1, 0.15) is 0 Å². The molecule has 0 saturated heterocycles. The molecule has 1 atom stereocenters. The molecule has 3 heteroatoms. The summed E-state index contributed by atoms with van der Waals surface area (Å²) in [4.78, 5) is 0. The predicted molar refractivity (Wildman–Crippen MR) is 120 cm³/mol. The van der Waals surface area contributed by atoms with Crippen LogP contribution in [-0.2, 0) is 19.4 Å². The summed E-state index contributed by atoms with van der Waals surface area (Å²) >= 11 is -2.47. The molecule has 0 amide bonds. The predicted octanol–water partition coefficient (Wildman–Crippen LogP) is 8.53. The monoisotopic (exact) mass is 483 g/mol. The van der Waals surface area contributed by atoms with Crippen LogP contribution in [0, 0.1) is 0 Å². The van der Waals surface area contributed by atoms with E-state index in [1.807, 2.05) is 0 Å². The molecule has 0 bridgehead atoms. The average Bonchev–Trinajstić information content (AvgIpc) is 3.03. The fourth-order valence-electron chi connectivity index (χ4n) is 4.27. The molecule has 0 aromatic heterocycles. The van der Waals surface area contributed by atoms with Crippen LogP contribution in [0.2, 0.25) is 0 Å². The molecule has 1 unspecified atom stereocenters. The van der Waals surface area contributed by atoms with Crippen LogP contribution in [0.15, 0.2) is 72.3 Å². The number of allylic oxidation sites excluding steroid dienone is 1. The first kappa shape index (κ1) is 20.1. The zero-order valence-electron chi connectivity index (χ0n) is 16.3. The van der Waals surface area contributed by atoms with E-state index in [4.69, 9.17) is 17.0 Å². The molecule has 0 fully saturated rings. The Kier molecular flexibility index (Phi) is 5.98. The molecule has 0 radical (unpaired) electrons. The van der Waals surface area contributed by atoms with E-state index >= 15 is 0 Å². The number of hydrogen-bond donors (Lipinski definition) is 0. The van der Waals surface area contributed by atoms with Crippen molar-refractivity contribution in [2.45, 2.75) is 30.3 Å². The third-order valence-corrected chi connectivity index (χ3v) is 11.1. The minimum absolute atomic E-state index is 0.246. The summed E-state index contributed by atoms with van der Waals surface area (Å²) in [7, 11) is 13.1. The molecule has 141 valence electrons. The second-order valence-corrected chi connectivity index (χ2v) is 16.5. The zero-order chi connectivity index (χ0) is 19.8. The Hall–Kier alpha value is -1.14. The van der Waals surface area contributed by atoms with Crippen LogP contribution in [0.1, 0.15) is 47.0 Å². The first-order valence-corrected chi connectivity index (χ1v) is 17.4. The molecule has 0 saturated carbocycles. The van der Waals surface area contributed by atoms with Gasteiger partial charge >= 0.3 is 184 Å². The van der Waals surface area contributed by atoms with Gasteiger partial charge in [-0.15, -0.1) is 0 Å². The van der Waals surface area contributed by atoms with Gasteiger partial charge in [0, 0.05) is 0 Å². The van der Waals surface area contributed by atoms with Gasteiger partial charge in [0.2, 0.25) is 0 Å². The molecule has 0 nitrogen and oxygen atoms in total. The van der Waals surface area contributed by atoms with Gasteiger partial charge < -0.3 is 0 Å². The molecule has 1 aliphatic rings. The fraction of sp³-hybridized carbons (Fsp3) is 0.200. The Labute approximate surface area is 183 Å². The minimum atomic E-state index is -2.47. The van der Waals surface area contributed by atoms with E-state index in [0.29, 0.717) is 5.92 Å². The molecule has 0 heterocycles. The maximum absolute atomic E-state index is 6.56. The number of fused-ring (bicyclic) bond motifs is 1. The standard InChI is InChI=1S/C25H23.2ClH.Zr/c1-17(2)21-11-7-8-12-23(21)25-22(19-9-5-4-6-10-19)14-13-20-15-18(3)16-24(20)25;;;/h4-17H,1-3H3;2*1H;/q;;;+2/p-2. The summed E-state index contributed by atoms with van der Waals surface area (Å²) in [5.74, 6) is 0.449. The van der Waals surface area contributed by atoms with Crippen LogP contribution in [0.25, 0.3) is 28.3 Å². The molecule has 0 spiro atoms. The Morgan fingerprint density at radius 2 is 1.50 bits per heavy atom. The summed E-state index contributed by atoms with van der Waals surface area (Å²) in [6.07, 6.45) is 2.32. The first-order valence-electron chi connectivity index (χ1n) is 9.66. The van der Waals surface area contributed by atoms with E-state index in [1.54, 1.807) is 0 Å². The summed E-state index contributed by atoms with van der Waals surface area (Å²) in [6.45, 7) is 6.70. The van der Waals surface area contributed by atoms with Crippen LogP contribution in [0.5, 0.6) is 0 Å². The van der Waals surface area contributed by atoms with Crippen molar-refractivity contribution in [3.05, 3.63) is 89.0 Å². The molecule has 1 aliphatic carbocycles. The quantitative estimate of drug-likeness (QED) is 0.347. The molecule has 3 aromatic carbocycles. The van der Waals surface area contributed by atoms with Gasteiger partial charge in [-0.05, 0) is 0 Å². The van der Waals surface area contributed by atoms with Crippen molar-refractivity contribution < 1.29 is 19.4 Å². The number of benzene rings is 3. The molecule has 0 N–H and O–H groups in total. The summed E-state index contributed by atoms with van der Waals surface area (Å²) in [5.41, 5.74) is 10.4. The summed E-state index contributed by atoms with van der Waals surface area (Å²) in [5, 5.41) is 0. The third kappa shape index (κ3) is 3.58. The fourth-order valence-corrected chi connectivity index (χ4v) is 9.94. The second kappa shape index (κ2) is 8.31. The van der Waals surface area contributed by atoms with E-state index < -0.39 is 19.4 Å². The van der Waals surface area contributed by atoms with Crippen LogP contribution >= 0.6 is 17.0 Å². The molecule has 4 rings (SSSR count). The van der Waals surface area contributed by atoms with Crippen molar-refractivity contribution in [3.63, 3.8) is 0 Å². The van der Waals surface area contributed by atoms with Gasteiger partial charge in [-0.3, -0.25) is 0 Å². The van der Waals surface area contributed by atoms with E-state index in [2.05, 4.69) is 93.6 Å². The van der Waals surface area contributed by atoms with Crippen molar-refractivity contribution in [2.75, 3.05) is 0 Å². The van der Waals surface area contributed by atoms with Gasteiger partial charge in [0.05, 0.1) is 0 Å². The Morgan fingerprint density at radius 1 is 0.821 bits per heavy atom. The van der Waals surface area contributed by atoms with Gasteiger partial charge in [-0.1, -0.05) is 0 Å². The van der Waals surface area contributed by atoms with Crippen LogP contribution in [0.3, 0.4) is 0 Å². The van der Waals surface area contributed by atoms with Crippen LogP contribution < -0.4 is 0 Å². The Balaban J connectivity index is 2.06. The summed E-state index contributed by atoms with van der Waals surface area (Å²) < 4.78 is 0.246. The SMILES string of the molecule is CC1=Cc2c(ccc(-c3ccccc3)c2-c2ccccc2C(C)C)[CH]1[Zr]([Cl])[Cl]. The second-order valence-electron chi connectivity index (χ2n) is 7.71. The van der Waals surface area contributed by atoms with Gasteiger partial charge in [0.15, 0.2) is 0 Å². The van der Waals surface area contributed by atoms with E-state index in [-0.39, 0.29) is 3.63 Å². The molecular weight excluding hydrogens is 462 g/mol. The van der Waals surface area contributed by atoms with Gasteiger partial charge in [-0.25, -0.2) is 0 Å². The van der Waals surface area contributed by atoms with Crippen LogP contribution in [0.4, 0.5) is 0 Å². The summed E-state index contributed by atoms with van der Waals surface area (Å²) in [6, 6.07) is 24.0. The number of halogens is 2. The van der Waals surface area contributed by atoms with E-state index in [0.717, 1.165) is 0 Å². The topological polar surface area (TPSA) is 0 Å². The molecule has 28 heavy (non-hydrogen) atoms. The molecule has 3 aromatic rings. The average molecular weight is 486 g/mol. The number of rotatable bonds is 4. The Morgan fingerprint density at radius 3 is 2.18 bits per heavy atom.